The summed E-state index contributed by atoms with van der Waals surface area (Å²) in [5, 5.41) is 2.57. The van der Waals surface area contributed by atoms with Gasteiger partial charge in [-0.25, -0.2) is 9.97 Å². The van der Waals surface area contributed by atoms with Crippen LogP contribution in [0.5, 0.6) is 0 Å². The maximum atomic E-state index is 12.7. The fourth-order valence-corrected chi connectivity index (χ4v) is 5.20. The number of anilines is 1. The van der Waals surface area contributed by atoms with Crippen molar-refractivity contribution in [1.82, 2.24) is 14.9 Å². The molecule has 1 fully saturated rings. The third-order valence-corrected chi connectivity index (χ3v) is 6.86. The molecule has 3 atom stereocenters. The molecule has 0 spiro atoms. The Labute approximate surface area is 159 Å². The number of carbonyl (C=O) groups excluding carboxylic acids is 1. The van der Waals surface area contributed by atoms with Crippen molar-refractivity contribution in [1.29, 1.82) is 0 Å². The number of piperazine rings is 1. The first kappa shape index (κ1) is 17.8. The number of amides is 1. The van der Waals surface area contributed by atoms with E-state index in [1.807, 2.05) is 4.90 Å². The van der Waals surface area contributed by atoms with E-state index in [2.05, 4.69) is 33.3 Å². The van der Waals surface area contributed by atoms with Gasteiger partial charge in [0.1, 0.15) is 12.1 Å². The van der Waals surface area contributed by atoms with Crippen molar-refractivity contribution in [2.75, 3.05) is 31.1 Å². The zero-order chi connectivity index (χ0) is 18.1. The first-order chi connectivity index (χ1) is 12.6. The minimum Gasteiger partial charge on any atom is -0.353 e. The molecule has 3 heterocycles. The van der Waals surface area contributed by atoms with Crippen LogP contribution in [0.1, 0.15) is 43.4 Å². The minimum absolute atomic E-state index is 0.0958. The second-order valence-electron chi connectivity index (χ2n) is 7.52. The van der Waals surface area contributed by atoms with Gasteiger partial charge in [-0.1, -0.05) is 13.0 Å². The Kier molecular flexibility index (Phi) is 5.18. The SMILES string of the molecule is C[C@@H]1CCc2ncnc(N3CCN(C(=O)[C@H](N)CC4CC=CS4)CC3)c21. The number of fused-ring (bicyclic) bond motifs is 1. The monoisotopic (exact) mass is 373 g/mol. The molecule has 0 aromatic carbocycles. The second-order valence-corrected chi connectivity index (χ2v) is 8.73. The van der Waals surface area contributed by atoms with Gasteiger partial charge in [-0.15, -0.1) is 11.8 Å². The number of nitrogens with two attached hydrogens (primary N) is 1. The molecule has 2 aliphatic heterocycles. The Morgan fingerprint density at radius 1 is 1.35 bits per heavy atom. The summed E-state index contributed by atoms with van der Waals surface area (Å²) in [6.07, 6.45) is 7.83. The quantitative estimate of drug-likeness (QED) is 0.869. The van der Waals surface area contributed by atoms with Gasteiger partial charge in [-0.2, -0.15) is 0 Å². The lowest BCUT2D eigenvalue weighted by molar-refractivity contribution is -0.133. The summed E-state index contributed by atoms with van der Waals surface area (Å²) in [6.45, 7) is 5.32. The number of carbonyl (C=O) groups is 1. The summed E-state index contributed by atoms with van der Waals surface area (Å²) in [5.41, 5.74) is 8.71. The van der Waals surface area contributed by atoms with E-state index in [9.17, 15) is 4.79 Å². The summed E-state index contributed by atoms with van der Waals surface area (Å²) >= 11 is 1.79. The van der Waals surface area contributed by atoms with Crippen molar-refractivity contribution in [3.05, 3.63) is 29.1 Å². The van der Waals surface area contributed by atoms with Crippen LogP contribution in [0.15, 0.2) is 17.8 Å². The fourth-order valence-electron chi connectivity index (χ4n) is 4.21. The first-order valence-corrected chi connectivity index (χ1v) is 10.5. The average Bonchev–Trinajstić information content (AvgIpc) is 3.31. The highest BCUT2D eigenvalue weighted by Gasteiger charge is 2.31. The lowest BCUT2D eigenvalue weighted by Gasteiger charge is -2.37. The first-order valence-electron chi connectivity index (χ1n) is 9.57. The lowest BCUT2D eigenvalue weighted by atomic mass is 10.0. The molecule has 1 unspecified atom stereocenters. The average molecular weight is 374 g/mol. The predicted octanol–water partition coefficient (Wildman–Crippen LogP) is 1.91. The maximum Gasteiger partial charge on any atom is 0.239 e. The van der Waals surface area contributed by atoms with Crippen LogP contribution in [0.25, 0.3) is 0 Å². The van der Waals surface area contributed by atoms with Crippen LogP contribution in [0.4, 0.5) is 5.82 Å². The third-order valence-electron chi connectivity index (χ3n) is 5.74. The van der Waals surface area contributed by atoms with E-state index in [4.69, 9.17) is 5.73 Å². The largest absolute Gasteiger partial charge is 0.353 e. The Morgan fingerprint density at radius 3 is 2.88 bits per heavy atom. The van der Waals surface area contributed by atoms with Gasteiger partial charge >= 0.3 is 0 Å². The summed E-state index contributed by atoms with van der Waals surface area (Å²) in [4.78, 5) is 26.0. The number of aromatic nitrogens is 2. The molecule has 2 N–H and O–H groups in total. The van der Waals surface area contributed by atoms with Crippen LogP contribution in [0, 0.1) is 0 Å². The van der Waals surface area contributed by atoms with Gasteiger partial charge in [0.2, 0.25) is 5.91 Å². The van der Waals surface area contributed by atoms with Crippen LogP contribution in [0.2, 0.25) is 0 Å². The molecule has 140 valence electrons. The van der Waals surface area contributed by atoms with Gasteiger partial charge < -0.3 is 15.5 Å². The van der Waals surface area contributed by atoms with Gasteiger partial charge in [-0.05, 0) is 37.0 Å². The molecule has 26 heavy (non-hydrogen) atoms. The summed E-state index contributed by atoms with van der Waals surface area (Å²) in [5.74, 6) is 1.69. The van der Waals surface area contributed by atoms with Crippen molar-refractivity contribution in [3.63, 3.8) is 0 Å². The maximum absolute atomic E-state index is 12.7. The number of rotatable bonds is 4. The Morgan fingerprint density at radius 2 is 2.15 bits per heavy atom. The Bertz CT molecular complexity index is 693. The van der Waals surface area contributed by atoms with Crippen LogP contribution in [-0.4, -0.2) is 58.2 Å². The highest BCUT2D eigenvalue weighted by atomic mass is 32.2. The standard InChI is InChI=1S/C19H27N5OS/c1-13-4-5-16-17(13)18(22-12-21-16)23-6-8-24(9-7-23)19(25)15(20)11-14-3-2-10-26-14/h2,10,12-15H,3-9,11,20H2,1H3/t13-,14?,15-/m1/s1. The number of allylic oxidation sites excluding steroid dienone is 1. The molecule has 0 radical (unpaired) electrons. The van der Waals surface area contributed by atoms with Crippen LogP contribution in [0.3, 0.4) is 0 Å². The van der Waals surface area contributed by atoms with Crippen molar-refractivity contribution in [2.45, 2.75) is 49.8 Å². The Hall–Kier alpha value is -1.60. The summed E-state index contributed by atoms with van der Waals surface area (Å²) < 4.78 is 0. The number of hydrogen-bond acceptors (Lipinski definition) is 6. The molecule has 0 saturated carbocycles. The number of thioether (sulfide) groups is 1. The van der Waals surface area contributed by atoms with E-state index in [1.54, 1.807) is 18.1 Å². The van der Waals surface area contributed by atoms with Crippen LogP contribution in [-0.2, 0) is 11.2 Å². The van der Waals surface area contributed by atoms with Crippen molar-refractivity contribution >= 4 is 23.5 Å². The molecule has 1 amide bonds. The van der Waals surface area contributed by atoms with Gasteiger partial charge in [0.05, 0.1) is 6.04 Å². The number of hydrogen-bond donors (Lipinski definition) is 1. The summed E-state index contributed by atoms with van der Waals surface area (Å²) in [7, 11) is 0. The van der Waals surface area contributed by atoms with Gasteiger partial charge in [0, 0.05) is 42.7 Å². The topological polar surface area (TPSA) is 75.4 Å². The van der Waals surface area contributed by atoms with Gasteiger partial charge in [0.15, 0.2) is 0 Å². The zero-order valence-corrected chi connectivity index (χ0v) is 16.1. The van der Waals surface area contributed by atoms with Crippen molar-refractivity contribution < 1.29 is 4.79 Å². The molecule has 7 heteroatoms. The highest BCUT2D eigenvalue weighted by molar-refractivity contribution is 8.03. The number of aryl methyl sites for hydroxylation is 1. The van der Waals surface area contributed by atoms with E-state index < -0.39 is 0 Å². The van der Waals surface area contributed by atoms with Crippen LogP contribution >= 0.6 is 11.8 Å². The van der Waals surface area contributed by atoms with Gasteiger partial charge in [0.25, 0.3) is 0 Å². The molecule has 0 bridgehead atoms. The molecule has 1 aliphatic carbocycles. The molecular weight excluding hydrogens is 346 g/mol. The molecule has 6 nitrogen and oxygen atoms in total. The zero-order valence-electron chi connectivity index (χ0n) is 15.3. The predicted molar refractivity (Wildman–Crippen MR) is 105 cm³/mol. The summed E-state index contributed by atoms with van der Waals surface area (Å²) in [6, 6.07) is -0.387. The number of nitrogens with zero attached hydrogens (tertiary/aromatic N) is 4. The van der Waals surface area contributed by atoms with Crippen LogP contribution < -0.4 is 10.6 Å². The van der Waals surface area contributed by atoms with Gasteiger partial charge in [-0.3, -0.25) is 4.79 Å². The molecule has 1 aromatic rings. The van der Waals surface area contributed by atoms with Crippen molar-refractivity contribution in [2.24, 2.45) is 5.73 Å². The smallest absolute Gasteiger partial charge is 0.239 e. The fraction of sp³-hybridized carbons (Fsp3) is 0.632. The van der Waals surface area contributed by atoms with E-state index in [-0.39, 0.29) is 11.9 Å². The van der Waals surface area contributed by atoms with E-state index >= 15 is 0 Å². The Balaban J connectivity index is 1.36. The lowest BCUT2D eigenvalue weighted by Crippen LogP contribution is -2.54. The third kappa shape index (κ3) is 3.47. The molecule has 1 aromatic heterocycles. The normalized spacial score (nSPS) is 26.2. The minimum atomic E-state index is -0.387. The molecule has 3 aliphatic rings. The van der Waals surface area contributed by atoms with E-state index in [1.165, 1.54) is 11.3 Å². The van der Waals surface area contributed by atoms with Crippen molar-refractivity contribution in [3.8, 4) is 0 Å². The van der Waals surface area contributed by atoms with E-state index in [0.717, 1.165) is 57.7 Å². The highest BCUT2D eigenvalue weighted by Crippen LogP contribution is 2.37. The molecular formula is C19H27N5OS. The second kappa shape index (κ2) is 7.56. The van der Waals surface area contributed by atoms with E-state index in [0.29, 0.717) is 11.2 Å². The molecule has 4 rings (SSSR count). The molecule has 1 saturated heterocycles.